The second-order valence-corrected chi connectivity index (χ2v) is 6.57. The summed E-state index contributed by atoms with van der Waals surface area (Å²) in [5.41, 5.74) is -0.0306. The number of alkyl halides is 3. The van der Waals surface area contributed by atoms with E-state index in [1.54, 1.807) is 6.92 Å². The molecule has 138 valence electrons. The van der Waals surface area contributed by atoms with Crippen molar-refractivity contribution in [3.05, 3.63) is 52.8 Å². The van der Waals surface area contributed by atoms with Crippen LogP contribution >= 0.6 is 11.3 Å². The Balaban J connectivity index is 1.78. The van der Waals surface area contributed by atoms with Gasteiger partial charge in [0.2, 0.25) is 0 Å². The van der Waals surface area contributed by atoms with Gasteiger partial charge in [-0.15, -0.1) is 0 Å². The minimum Gasteiger partial charge on any atom is -0.305 e. The molecule has 10 heteroatoms. The maximum absolute atomic E-state index is 13.9. The molecule has 2 amide bonds. The summed E-state index contributed by atoms with van der Waals surface area (Å²) in [6.07, 6.45) is -4.48. The first kappa shape index (κ1) is 18.6. The van der Waals surface area contributed by atoms with Gasteiger partial charge in [0, 0.05) is 0 Å². The van der Waals surface area contributed by atoms with Crippen molar-refractivity contribution < 1.29 is 22.4 Å². The molecule has 27 heavy (non-hydrogen) atoms. The number of halogens is 4. The van der Waals surface area contributed by atoms with Crippen molar-refractivity contribution in [2.24, 2.45) is 0 Å². The van der Waals surface area contributed by atoms with Crippen LogP contribution in [0.25, 0.3) is 10.2 Å². The quantitative estimate of drug-likeness (QED) is 0.581. The molecule has 3 rings (SSSR count). The molecule has 1 heterocycles. The van der Waals surface area contributed by atoms with E-state index in [-0.39, 0.29) is 21.1 Å². The van der Waals surface area contributed by atoms with Gasteiger partial charge in [0.1, 0.15) is 5.82 Å². The van der Waals surface area contributed by atoms with Crippen LogP contribution in [0.4, 0.5) is 33.2 Å². The first-order chi connectivity index (χ1) is 12.7. The van der Waals surface area contributed by atoms with Gasteiger partial charge in [-0.1, -0.05) is 11.3 Å². The molecule has 1 aromatic heterocycles. The van der Waals surface area contributed by atoms with Gasteiger partial charge in [0.25, 0.3) is 0 Å². The van der Waals surface area contributed by atoms with Gasteiger partial charge >= 0.3 is 12.2 Å². The number of hydrogen-bond donors (Lipinski definition) is 2. The van der Waals surface area contributed by atoms with Crippen LogP contribution in [0.15, 0.2) is 30.3 Å². The van der Waals surface area contributed by atoms with E-state index in [0.29, 0.717) is 11.1 Å². The van der Waals surface area contributed by atoms with E-state index in [4.69, 9.17) is 5.26 Å². The second-order valence-electron chi connectivity index (χ2n) is 5.54. The van der Waals surface area contributed by atoms with E-state index < -0.39 is 23.6 Å². The van der Waals surface area contributed by atoms with E-state index in [0.717, 1.165) is 29.5 Å². The minimum atomic E-state index is -4.48. The van der Waals surface area contributed by atoms with Crippen LogP contribution in [0.5, 0.6) is 0 Å². The number of hydrogen-bond acceptors (Lipinski definition) is 4. The van der Waals surface area contributed by atoms with Gasteiger partial charge in [-0.2, -0.15) is 18.4 Å². The zero-order valence-corrected chi connectivity index (χ0v) is 14.4. The smallest absolute Gasteiger partial charge is 0.305 e. The highest BCUT2D eigenvalue weighted by Crippen LogP contribution is 2.34. The lowest BCUT2D eigenvalue weighted by Gasteiger charge is -2.08. The van der Waals surface area contributed by atoms with Gasteiger partial charge in [-0.25, -0.2) is 14.2 Å². The lowest BCUT2D eigenvalue weighted by atomic mass is 10.1. The summed E-state index contributed by atoms with van der Waals surface area (Å²) in [6, 6.07) is 6.38. The van der Waals surface area contributed by atoms with Crippen molar-refractivity contribution in [3.63, 3.8) is 0 Å². The predicted octanol–water partition coefficient (Wildman–Crippen LogP) is 5.28. The lowest BCUT2D eigenvalue weighted by molar-refractivity contribution is -0.137. The zero-order chi connectivity index (χ0) is 19.8. The van der Waals surface area contributed by atoms with E-state index in [9.17, 15) is 22.4 Å². The second kappa shape index (κ2) is 6.85. The van der Waals surface area contributed by atoms with Gasteiger partial charge < -0.3 is 5.32 Å². The average Bonchev–Trinajstić information content (AvgIpc) is 2.98. The highest BCUT2D eigenvalue weighted by atomic mass is 32.1. The molecule has 2 aromatic carbocycles. The molecule has 0 aliphatic rings. The van der Waals surface area contributed by atoms with E-state index >= 15 is 0 Å². The maximum atomic E-state index is 13.9. The number of benzene rings is 2. The van der Waals surface area contributed by atoms with E-state index in [2.05, 4.69) is 15.6 Å². The summed E-state index contributed by atoms with van der Waals surface area (Å²) >= 11 is 0.860. The summed E-state index contributed by atoms with van der Waals surface area (Å²) in [5.74, 6) is -0.786. The third kappa shape index (κ3) is 3.98. The van der Waals surface area contributed by atoms with Gasteiger partial charge in [-0.05, 0) is 42.8 Å². The molecule has 5 nitrogen and oxygen atoms in total. The van der Waals surface area contributed by atoms with Crippen LogP contribution in [-0.4, -0.2) is 11.0 Å². The number of nitrogens with one attached hydrogen (secondary N) is 2. The topological polar surface area (TPSA) is 77.8 Å². The Hall–Kier alpha value is -3.19. The molecule has 0 bridgehead atoms. The minimum absolute atomic E-state index is 0.0626. The molecule has 0 saturated carbocycles. The molecule has 0 fully saturated rings. The van der Waals surface area contributed by atoms with Crippen molar-refractivity contribution in [2.45, 2.75) is 13.1 Å². The number of nitriles is 1. The fraction of sp³-hybridized carbons (Fsp3) is 0.118. The number of thiazole rings is 1. The Bertz CT molecular complexity index is 1080. The Morgan fingerprint density at radius 1 is 1.22 bits per heavy atom. The predicted molar refractivity (Wildman–Crippen MR) is 93.1 cm³/mol. The van der Waals surface area contributed by atoms with Crippen molar-refractivity contribution in [1.29, 1.82) is 5.26 Å². The molecule has 0 radical (unpaired) electrons. The Labute approximate surface area is 154 Å². The number of carbonyl (C=O) groups is 1. The number of urea groups is 1. The summed E-state index contributed by atoms with van der Waals surface area (Å²) in [6.45, 7) is 1.59. The van der Waals surface area contributed by atoms with Crippen LogP contribution in [-0.2, 0) is 6.18 Å². The molecular formula is C17H10F4N4OS. The molecule has 0 aliphatic carbocycles. The number of amides is 2. The molecule has 0 aliphatic heterocycles. The third-order valence-corrected chi connectivity index (χ3v) is 4.55. The molecule has 3 aromatic rings. The average molecular weight is 394 g/mol. The fourth-order valence-corrected chi connectivity index (χ4v) is 3.20. The summed E-state index contributed by atoms with van der Waals surface area (Å²) < 4.78 is 52.4. The standard InChI is InChI=1S/C17H10F4N4OS/c1-8-4-13(11(18)5-9(8)7-22)23-15(26)25-16-24-12-3-2-10(17(19,20)21)6-14(12)27-16/h2-6H,1H3,(H2,23,24,25,26). The SMILES string of the molecule is Cc1cc(NC(=O)Nc2nc3ccc(C(F)(F)F)cc3s2)c(F)cc1C#N. The number of aryl methyl sites for hydroxylation is 1. The van der Waals surface area contributed by atoms with Crippen LogP contribution < -0.4 is 10.6 Å². The lowest BCUT2D eigenvalue weighted by Crippen LogP contribution is -2.20. The highest BCUT2D eigenvalue weighted by molar-refractivity contribution is 7.22. The number of aromatic nitrogens is 1. The number of carbonyl (C=O) groups excluding carboxylic acids is 1. The normalized spacial score (nSPS) is 11.3. The fourth-order valence-electron chi connectivity index (χ4n) is 2.30. The van der Waals surface area contributed by atoms with Crippen LogP contribution in [0.3, 0.4) is 0 Å². The summed E-state index contributed by atoms with van der Waals surface area (Å²) in [7, 11) is 0. The molecular weight excluding hydrogens is 384 g/mol. The maximum Gasteiger partial charge on any atom is 0.416 e. The number of nitrogens with zero attached hydrogens (tertiary/aromatic N) is 2. The summed E-state index contributed by atoms with van der Waals surface area (Å²) in [4.78, 5) is 16.1. The third-order valence-electron chi connectivity index (χ3n) is 3.62. The van der Waals surface area contributed by atoms with Gasteiger partial charge in [0.05, 0.1) is 33.1 Å². The molecule has 0 saturated heterocycles. The van der Waals surface area contributed by atoms with E-state index in [1.807, 2.05) is 6.07 Å². The molecule has 0 unspecified atom stereocenters. The summed E-state index contributed by atoms with van der Waals surface area (Å²) in [5, 5.41) is 13.6. The van der Waals surface area contributed by atoms with Crippen molar-refractivity contribution in [3.8, 4) is 6.07 Å². The molecule has 0 atom stereocenters. The van der Waals surface area contributed by atoms with Crippen LogP contribution in [0.2, 0.25) is 0 Å². The first-order valence-corrected chi connectivity index (χ1v) is 8.25. The zero-order valence-electron chi connectivity index (χ0n) is 13.6. The number of anilines is 2. The molecule has 0 spiro atoms. The van der Waals surface area contributed by atoms with Crippen molar-refractivity contribution in [2.75, 3.05) is 10.6 Å². The van der Waals surface area contributed by atoms with Gasteiger partial charge in [0.15, 0.2) is 5.13 Å². The Morgan fingerprint density at radius 3 is 2.63 bits per heavy atom. The highest BCUT2D eigenvalue weighted by Gasteiger charge is 2.30. The van der Waals surface area contributed by atoms with Crippen molar-refractivity contribution in [1.82, 2.24) is 4.98 Å². The van der Waals surface area contributed by atoms with Crippen LogP contribution in [0.1, 0.15) is 16.7 Å². The van der Waals surface area contributed by atoms with Crippen molar-refractivity contribution >= 4 is 38.4 Å². The number of fused-ring (bicyclic) bond motifs is 1. The molecule has 2 N–H and O–H groups in total. The van der Waals surface area contributed by atoms with E-state index in [1.165, 1.54) is 12.1 Å². The van der Waals surface area contributed by atoms with Crippen LogP contribution in [0, 0.1) is 24.1 Å². The Kier molecular flexibility index (Phi) is 4.72. The van der Waals surface area contributed by atoms with Gasteiger partial charge in [-0.3, -0.25) is 5.32 Å². The largest absolute Gasteiger partial charge is 0.416 e. The first-order valence-electron chi connectivity index (χ1n) is 7.43. The number of rotatable bonds is 2. The monoisotopic (exact) mass is 394 g/mol. The Morgan fingerprint density at radius 2 is 1.96 bits per heavy atom.